The summed E-state index contributed by atoms with van der Waals surface area (Å²) < 4.78 is 0. The molecule has 0 saturated heterocycles. The molecule has 6 nitrogen and oxygen atoms in total. The van der Waals surface area contributed by atoms with E-state index in [0.29, 0.717) is 29.4 Å². The van der Waals surface area contributed by atoms with Crippen LogP contribution in [0.3, 0.4) is 0 Å². The van der Waals surface area contributed by atoms with Gasteiger partial charge in [0.05, 0.1) is 28.5 Å². The minimum absolute atomic E-state index is 0.00943. The maximum absolute atomic E-state index is 12.3. The fraction of sp³-hybridized carbons (Fsp3) is 0.600. The van der Waals surface area contributed by atoms with Gasteiger partial charge in [0, 0.05) is 5.41 Å². The summed E-state index contributed by atoms with van der Waals surface area (Å²) in [5.41, 5.74) is 4.85. The average Bonchev–Trinajstić information content (AvgIpc) is 2.48. The normalized spacial score (nSPS) is 31.3. The average molecular weight is 318 g/mol. The molecule has 3 N–H and O–H groups in total. The summed E-state index contributed by atoms with van der Waals surface area (Å²) in [6.45, 7) is 2.13. The highest BCUT2D eigenvalue weighted by molar-refractivity contribution is 8.03. The van der Waals surface area contributed by atoms with Crippen molar-refractivity contribution in [2.45, 2.75) is 32.6 Å². The lowest BCUT2D eigenvalue weighted by Gasteiger charge is -2.44. The van der Waals surface area contributed by atoms with Crippen LogP contribution in [-0.2, 0) is 9.59 Å². The molecule has 0 aromatic rings. The Balaban J connectivity index is 2.46. The van der Waals surface area contributed by atoms with Crippen LogP contribution >= 0.6 is 11.8 Å². The first-order valence-electron chi connectivity index (χ1n) is 7.21. The number of nitriles is 2. The Kier molecular flexibility index (Phi) is 4.77. The van der Waals surface area contributed by atoms with Gasteiger partial charge < -0.3 is 11.1 Å². The highest BCUT2D eigenvalue weighted by Gasteiger charge is 2.52. The lowest BCUT2D eigenvalue weighted by molar-refractivity contribution is -0.127. The SMILES string of the molecule is CC1CCC2(CC1)C(C#N)=C(SCC(N)=O)NC(=O)C2C#N. The van der Waals surface area contributed by atoms with Crippen molar-refractivity contribution in [1.82, 2.24) is 5.32 Å². The lowest BCUT2D eigenvalue weighted by Crippen LogP contribution is -2.49. The van der Waals surface area contributed by atoms with Crippen LogP contribution in [0.4, 0.5) is 0 Å². The molecule has 2 amide bonds. The number of amides is 2. The van der Waals surface area contributed by atoms with E-state index in [9.17, 15) is 20.1 Å². The summed E-state index contributed by atoms with van der Waals surface area (Å²) in [6, 6.07) is 4.26. The third kappa shape index (κ3) is 2.82. The molecule has 22 heavy (non-hydrogen) atoms. The Morgan fingerprint density at radius 2 is 2.09 bits per heavy atom. The Morgan fingerprint density at radius 1 is 1.45 bits per heavy atom. The van der Waals surface area contributed by atoms with Gasteiger partial charge in [0.25, 0.3) is 0 Å². The monoisotopic (exact) mass is 318 g/mol. The minimum Gasteiger partial charge on any atom is -0.369 e. The van der Waals surface area contributed by atoms with Crippen molar-refractivity contribution in [1.29, 1.82) is 10.5 Å². The minimum atomic E-state index is -0.854. The fourth-order valence-corrected chi connectivity index (χ4v) is 4.13. The first kappa shape index (κ1) is 16.4. The van der Waals surface area contributed by atoms with E-state index in [-0.39, 0.29) is 11.7 Å². The van der Waals surface area contributed by atoms with Gasteiger partial charge in [0.2, 0.25) is 11.8 Å². The van der Waals surface area contributed by atoms with Crippen molar-refractivity contribution in [2.75, 3.05) is 5.75 Å². The van der Waals surface area contributed by atoms with E-state index in [0.717, 1.165) is 24.6 Å². The molecule has 2 aliphatic rings. The molecule has 1 fully saturated rings. The molecule has 1 heterocycles. The molecule has 2 rings (SSSR count). The number of carbonyl (C=O) groups excluding carboxylic acids is 2. The molecule has 1 saturated carbocycles. The molecule has 116 valence electrons. The first-order chi connectivity index (χ1) is 10.4. The molecule has 0 aromatic carbocycles. The second-order valence-corrected chi connectivity index (χ2v) is 6.95. The highest BCUT2D eigenvalue weighted by atomic mass is 32.2. The highest BCUT2D eigenvalue weighted by Crippen LogP contribution is 2.52. The van der Waals surface area contributed by atoms with Gasteiger partial charge in [-0.15, -0.1) is 0 Å². The summed E-state index contributed by atoms with van der Waals surface area (Å²) in [6.07, 6.45) is 3.04. The predicted molar refractivity (Wildman–Crippen MR) is 81.6 cm³/mol. The van der Waals surface area contributed by atoms with Crippen molar-refractivity contribution in [3.8, 4) is 12.1 Å². The Bertz CT molecular complexity index is 606. The number of nitrogens with two attached hydrogens (primary N) is 1. The predicted octanol–water partition coefficient (Wildman–Crippen LogP) is 1.41. The molecule has 1 aliphatic carbocycles. The van der Waals surface area contributed by atoms with E-state index in [1.54, 1.807) is 0 Å². The summed E-state index contributed by atoms with van der Waals surface area (Å²) >= 11 is 1.06. The lowest BCUT2D eigenvalue weighted by atomic mass is 9.59. The van der Waals surface area contributed by atoms with Gasteiger partial charge in [0.15, 0.2) is 0 Å². The zero-order valence-corrected chi connectivity index (χ0v) is 13.2. The van der Waals surface area contributed by atoms with E-state index in [1.165, 1.54) is 0 Å². The van der Waals surface area contributed by atoms with Gasteiger partial charge in [-0.2, -0.15) is 10.5 Å². The number of carbonyl (C=O) groups is 2. The van der Waals surface area contributed by atoms with Gasteiger partial charge in [0.1, 0.15) is 5.92 Å². The van der Waals surface area contributed by atoms with Crippen LogP contribution in [0.25, 0.3) is 0 Å². The van der Waals surface area contributed by atoms with E-state index >= 15 is 0 Å². The number of thioether (sulfide) groups is 1. The second kappa shape index (κ2) is 6.41. The molecule has 1 unspecified atom stereocenters. The molecular formula is C15H18N4O2S. The quantitative estimate of drug-likeness (QED) is 0.815. The van der Waals surface area contributed by atoms with Gasteiger partial charge in [-0.05, 0) is 31.6 Å². The molecule has 1 spiro atoms. The summed E-state index contributed by atoms with van der Waals surface area (Å²) in [4.78, 5) is 23.3. The third-order valence-corrected chi connectivity index (χ3v) is 5.57. The largest absolute Gasteiger partial charge is 0.369 e. The smallest absolute Gasteiger partial charge is 0.243 e. The number of nitrogens with one attached hydrogen (secondary N) is 1. The number of allylic oxidation sites excluding steroid dienone is 1. The number of hydrogen-bond acceptors (Lipinski definition) is 5. The zero-order chi connectivity index (χ0) is 16.3. The van der Waals surface area contributed by atoms with E-state index in [2.05, 4.69) is 24.4 Å². The summed E-state index contributed by atoms with van der Waals surface area (Å²) in [7, 11) is 0. The van der Waals surface area contributed by atoms with Crippen LogP contribution in [-0.4, -0.2) is 17.6 Å². The van der Waals surface area contributed by atoms with Crippen LogP contribution in [0.15, 0.2) is 10.6 Å². The fourth-order valence-electron chi connectivity index (χ4n) is 3.28. The summed E-state index contributed by atoms with van der Waals surface area (Å²) in [5, 5.41) is 22.0. The van der Waals surface area contributed by atoms with Gasteiger partial charge in [-0.3, -0.25) is 9.59 Å². The number of rotatable bonds is 3. The molecular weight excluding hydrogens is 300 g/mol. The van der Waals surface area contributed by atoms with Crippen molar-refractivity contribution < 1.29 is 9.59 Å². The maximum Gasteiger partial charge on any atom is 0.243 e. The Labute approximate surface area is 133 Å². The number of primary amides is 1. The molecule has 0 aromatic heterocycles. The molecule has 1 aliphatic heterocycles. The standard InChI is InChI=1S/C15H18N4O2S/c1-9-2-4-15(5-3-9)10(6-16)13(21)19-14(11(15)7-17)22-8-12(18)20/h9-10H,2-5,8H2,1H3,(H2,18,20)(H,19,21). The van der Waals surface area contributed by atoms with Gasteiger partial charge in [-0.25, -0.2) is 0 Å². The van der Waals surface area contributed by atoms with Crippen molar-refractivity contribution >= 4 is 23.6 Å². The Hall–Kier alpha value is -1.99. The zero-order valence-electron chi connectivity index (χ0n) is 12.4. The van der Waals surface area contributed by atoms with E-state index in [1.807, 2.05) is 0 Å². The van der Waals surface area contributed by atoms with Gasteiger partial charge in [-0.1, -0.05) is 18.7 Å². The van der Waals surface area contributed by atoms with Gasteiger partial charge >= 0.3 is 0 Å². The van der Waals surface area contributed by atoms with E-state index in [4.69, 9.17) is 5.73 Å². The molecule has 0 bridgehead atoms. The van der Waals surface area contributed by atoms with Crippen molar-refractivity contribution in [3.05, 3.63) is 10.6 Å². The molecule has 0 radical (unpaired) electrons. The first-order valence-corrected chi connectivity index (χ1v) is 8.19. The van der Waals surface area contributed by atoms with Crippen molar-refractivity contribution in [2.24, 2.45) is 23.0 Å². The van der Waals surface area contributed by atoms with Crippen molar-refractivity contribution in [3.63, 3.8) is 0 Å². The molecule has 1 atom stereocenters. The topological polar surface area (TPSA) is 120 Å². The van der Waals surface area contributed by atoms with Crippen LogP contribution in [0, 0.1) is 39.9 Å². The third-order valence-electron chi connectivity index (χ3n) is 4.54. The number of nitrogens with zero attached hydrogens (tertiary/aromatic N) is 2. The van der Waals surface area contributed by atoms with Crippen LogP contribution in [0.2, 0.25) is 0 Å². The van der Waals surface area contributed by atoms with Crippen LogP contribution in [0.1, 0.15) is 32.6 Å². The molecule has 7 heteroatoms. The van der Waals surface area contributed by atoms with Crippen LogP contribution in [0.5, 0.6) is 0 Å². The van der Waals surface area contributed by atoms with Crippen LogP contribution < -0.4 is 11.1 Å². The maximum atomic E-state index is 12.3. The second-order valence-electron chi connectivity index (χ2n) is 5.96. The van der Waals surface area contributed by atoms with E-state index < -0.39 is 17.2 Å². The summed E-state index contributed by atoms with van der Waals surface area (Å²) in [5.74, 6) is -1.24. The Morgan fingerprint density at radius 3 is 2.59 bits per heavy atom. The number of hydrogen-bond donors (Lipinski definition) is 2.